The molecule has 82 valence electrons. The number of carbonyl (C=O) groups excluding carboxylic acids is 1. The third-order valence-corrected chi connectivity index (χ3v) is 2.38. The molecule has 1 unspecified atom stereocenters. The molecule has 2 N–H and O–H groups in total. The lowest BCUT2D eigenvalue weighted by molar-refractivity contribution is 0.208. The highest BCUT2D eigenvalue weighted by molar-refractivity contribution is 5.74. The summed E-state index contributed by atoms with van der Waals surface area (Å²) in [7, 11) is 2.09. The number of carbonyl (C=O) groups is 1. The number of nitrogens with zero attached hydrogens (tertiary/aromatic N) is 1. The van der Waals surface area contributed by atoms with Crippen LogP contribution in [0.4, 0.5) is 4.79 Å². The van der Waals surface area contributed by atoms with Crippen LogP contribution in [0.5, 0.6) is 0 Å². The predicted molar refractivity (Wildman–Crippen MR) is 57.3 cm³/mol. The minimum atomic E-state index is -0.0414. The first-order chi connectivity index (χ1) is 6.58. The topological polar surface area (TPSA) is 44.4 Å². The van der Waals surface area contributed by atoms with Gasteiger partial charge in [0.15, 0.2) is 0 Å². The fourth-order valence-corrected chi connectivity index (χ4v) is 1.77. The van der Waals surface area contributed by atoms with E-state index in [1.54, 1.807) is 0 Å². The number of piperidine rings is 1. The Labute approximate surface area is 86.0 Å². The third-order valence-electron chi connectivity index (χ3n) is 2.38. The number of likely N-dealkylation sites (N-methyl/N-ethyl adjacent to an activating group) is 1. The number of nitrogens with one attached hydrogen (secondary N) is 2. The van der Waals surface area contributed by atoms with Crippen molar-refractivity contribution in [2.24, 2.45) is 0 Å². The van der Waals surface area contributed by atoms with E-state index in [4.69, 9.17) is 0 Å². The molecule has 0 saturated carbocycles. The molecule has 1 saturated heterocycles. The molecule has 4 nitrogen and oxygen atoms in total. The van der Waals surface area contributed by atoms with E-state index in [1.165, 1.54) is 6.42 Å². The molecule has 14 heavy (non-hydrogen) atoms. The highest BCUT2D eigenvalue weighted by Crippen LogP contribution is 2.07. The Morgan fingerprint density at radius 1 is 1.50 bits per heavy atom. The Hall–Kier alpha value is -0.770. The Morgan fingerprint density at radius 3 is 2.79 bits per heavy atom. The molecule has 0 aromatic heterocycles. The van der Waals surface area contributed by atoms with Crippen molar-refractivity contribution in [3.05, 3.63) is 0 Å². The maximum atomic E-state index is 11.4. The van der Waals surface area contributed by atoms with Crippen molar-refractivity contribution in [3.8, 4) is 0 Å². The van der Waals surface area contributed by atoms with E-state index in [1.807, 2.05) is 13.8 Å². The second-order valence-corrected chi connectivity index (χ2v) is 4.37. The van der Waals surface area contributed by atoms with Crippen molar-refractivity contribution in [2.45, 2.75) is 38.8 Å². The van der Waals surface area contributed by atoms with E-state index >= 15 is 0 Å². The van der Waals surface area contributed by atoms with Gasteiger partial charge >= 0.3 is 6.03 Å². The summed E-state index contributed by atoms with van der Waals surface area (Å²) in [5.41, 5.74) is 0. The van der Waals surface area contributed by atoms with Crippen molar-refractivity contribution in [1.29, 1.82) is 0 Å². The van der Waals surface area contributed by atoms with Crippen molar-refractivity contribution in [3.63, 3.8) is 0 Å². The SMILES string of the molecule is CC(C)NC(=O)NC1CCCN(C)C1. The van der Waals surface area contributed by atoms with E-state index in [0.29, 0.717) is 6.04 Å². The fraction of sp³-hybridized carbons (Fsp3) is 0.900. The molecule has 0 bridgehead atoms. The van der Waals surface area contributed by atoms with Crippen LogP contribution in [0.2, 0.25) is 0 Å². The second-order valence-electron chi connectivity index (χ2n) is 4.37. The van der Waals surface area contributed by atoms with Crippen LogP contribution in [-0.2, 0) is 0 Å². The molecule has 0 aromatic rings. The van der Waals surface area contributed by atoms with Crippen LogP contribution >= 0.6 is 0 Å². The number of likely N-dealkylation sites (tertiary alicyclic amines) is 1. The van der Waals surface area contributed by atoms with E-state index in [0.717, 1.165) is 19.5 Å². The third kappa shape index (κ3) is 3.96. The molecule has 1 heterocycles. The molecule has 0 radical (unpaired) electrons. The molecule has 0 spiro atoms. The number of urea groups is 1. The summed E-state index contributed by atoms with van der Waals surface area (Å²) < 4.78 is 0. The van der Waals surface area contributed by atoms with Crippen LogP contribution in [0.25, 0.3) is 0 Å². The molecule has 1 aliphatic rings. The first kappa shape index (κ1) is 11.3. The molecule has 0 aliphatic carbocycles. The van der Waals surface area contributed by atoms with Gasteiger partial charge in [-0.05, 0) is 40.3 Å². The minimum absolute atomic E-state index is 0.0414. The smallest absolute Gasteiger partial charge is 0.315 e. The van der Waals surface area contributed by atoms with Gasteiger partial charge in [-0.25, -0.2) is 4.79 Å². The normalized spacial score (nSPS) is 23.6. The van der Waals surface area contributed by atoms with E-state index in [9.17, 15) is 4.79 Å². The zero-order chi connectivity index (χ0) is 10.6. The molecule has 2 amide bonds. The van der Waals surface area contributed by atoms with Gasteiger partial charge in [-0.1, -0.05) is 0 Å². The molecule has 1 fully saturated rings. The highest BCUT2D eigenvalue weighted by Gasteiger charge is 2.18. The number of hydrogen-bond acceptors (Lipinski definition) is 2. The van der Waals surface area contributed by atoms with Gasteiger partial charge in [0, 0.05) is 18.6 Å². The summed E-state index contributed by atoms with van der Waals surface area (Å²) in [5.74, 6) is 0. The van der Waals surface area contributed by atoms with E-state index < -0.39 is 0 Å². The minimum Gasteiger partial charge on any atom is -0.336 e. The van der Waals surface area contributed by atoms with Crippen LogP contribution in [0, 0.1) is 0 Å². The zero-order valence-corrected chi connectivity index (χ0v) is 9.34. The maximum Gasteiger partial charge on any atom is 0.315 e. The molecule has 1 aliphatic heterocycles. The average molecular weight is 199 g/mol. The quantitative estimate of drug-likeness (QED) is 0.690. The van der Waals surface area contributed by atoms with Crippen molar-refractivity contribution in [1.82, 2.24) is 15.5 Å². The maximum absolute atomic E-state index is 11.4. The Balaban J connectivity index is 2.25. The van der Waals surface area contributed by atoms with Crippen LogP contribution in [0.15, 0.2) is 0 Å². The van der Waals surface area contributed by atoms with Crippen molar-refractivity contribution in [2.75, 3.05) is 20.1 Å². The summed E-state index contributed by atoms with van der Waals surface area (Å²) in [6.45, 7) is 6.04. The predicted octanol–water partition coefficient (Wildman–Crippen LogP) is 0.788. The Morgan fingerprint density at radius 2 is 2.21 bits per heavy atom. The van der Waals surface area contributed by atoms with Gasteiger partial charge in [0.2, 0.25) is 0 Å². The van der Waals surface area contributed by atoms with E-state index in [2.05, 4.69) is 22.6 Å². The largest absolute Gasteiger partial charge is 0.336 e. The zero-order valence-electron chi connectivity index (χ0n) is 9.34. The second kappa shape index (κ2) is 5.20. The molecule has 1 atom stereocenters. The van der Waals surface area contributed by atoms with Crippen LogP contribution in [-0.4, -0.2) is 43.2 Å². The van der Waals surface area contributed by atoms with Gasteiger partial charge in [0.1, 0.15) is 0 Å². The standard InChI is InChI=1S/C10H21N3O/c1-8(2)11-10(14)12-9-5-4-6-13(3)7-9/h8-9H,4-7H2,1-3H3,(H2,11,12,14). The average Bonchev–Trinajstić information content (AvgIpc) is 2.01. The van der Waals surface area contributed by atoms with Gasteiger partial charge in [-0.3, -0.25) is 0 Å². The number of rotatable bonds is 2. The fourth-order valence-electron chi connectivity index (χ4n) is 1.77. The Kier molecular flexibility index (Phi) is 4.20. The van der Waals surface area contributed by atoms with Gasteiger partial charge < -0.3 is 15.5 Å². The highest BCUT2D eigenvalue weighted by atomic mass is 16.2. The van der Waals surface area contributed by atoms with Crippen LogP contribution in [0.3, 0.4) is 0 Å². The monoisotopic (exact) mass is 199 g/mol. The summed E-state index contributed by atoms with van der Waals surface area (Å²) in [6.07, 6.45) is 2.26. The molecule has 0 aromatic carbocycles. The van der Waals surface area contributed by atoms with Crippen LogP contribution < -0.4 is 10.6 Å². The summed E-state index contributed by atoms with van der Waals surface area (Å²) >= 11 is 0. The molecular formula is C10H21N3O. The first-order valence-corrected chi connectivity index (χ1v) is 5.33. The van der Waals surface area contributed by atoms with Gasteiger partial charge in [0.25, 0.3) is 0 Å². The lowest BCUT2D eigenvalue weighted by Crippen LogP contribution is -2.50. The summed E-state index contributed by atoms with van der Waals surface area (Å²) in [4.78, 5) is 13.6. The van der Waals surface area contributed by atoms with Crippen molar-refractivity contribution < 1.29 is 4.79 Å². The molecule has 4 heteroatoms. The number of amides is 2. The van der Waals surface area contributed by atoms with Crippen LogP contribution in [0.1, 0.15) is 26.7 Å². The summed E-state index contributed by atoms with van der Waals surface area (Å²) in [5, 5.41) is 5.83. The molecular weight excluding hydrogens is 178 g/mol. The number of hydrogen-bond donors (Lipinski definition) is 2. The first-order valence-electron chi connectivity index (χ1n) is 5.33. The van der Waals surface area contributed by atoms with E-state index in [-0.39, 0.29) is 12.1 Å². The van der Waals surface area contributed by atoms with Gasteiger partial charge in [0.05, 0.1) is 0 Å². The molecule has 1 rings (SSSR count). The Bertz CT molecular complexity index is 194. The van der Waals surface area contributed by atoms with Crippen molar-refractivity contribution >= 4 is 6.03 Å². The van der Waals surface area contributed by atoms with Gasteiger partial charge in [-0.2, -0.15) is 0 Å². The lowest BCUT2D eigenvalue weighted by atomic mass is 10.1. The lowest BCUT2D eigenvalue weighted by Gasteiger charge is -2.30. The summed E-state index contributed by atoms with van der Waals surface area (Å²) in [6, 6.07) is 0.476. The van der Waals surface area contributed by atoms with Gasteiger partial charge in [-0.15, -0.1) is 0 Å².